The zero-order valence-corrected chi connectivity index (χ0v) is 11.2. The number of ether oxygens (including phenoxy) is 1. The Hall–Kier alpha value is -1.72. The van der Waals surface area contributed by atoms with E-state index in [2.05, 4.69) is 10.5 Å². The molecule has 0 unspecified atom stereocenters. The normalized spacial score (nSPS) is 16.7. The lowest BCUT2D eigenvalue weighted by molar-refractivity contribution is -0.900. The van der Waals surface area contributed by atoms with Crippen molar-refractivity contribution in [2.24, 2.45) is 5.10 Å². The molecule has 2 rings (SSSR count). The lowest BCUT2D eigenvalue weighted by atomic mass is 10.2. The Morgan fingerprint density at radius 3 is 3.00 bits per heavy atom. The number of morpholine rings is 1. The topological polar surface area (TPSA) is 55.1 Å². The van der Waals surface area contributed by atoms with Crippen molar-refractivity contribution < 1.29 is 14.4 Å². The Balaban J connectivity index is 1.76. The molecule has 0 bridgehead atoms. The largest absolute Gasteiger partial charge is 0.370 e. The second-order valence-electron chi connectivity index (χ2n) is 4.75. The number of hydrogen-bond donors (Lipinski definition) is 2. The summed E-state index contributed by atoms with van der Waals surface area (Å²) in [5.74, 6) is -0.0548. The van der Waals surface area contributed by atoms with Crippen molar-refractivity contribution in [1.82, 2.24) is 5.43 Å². The van der Waals surface area contributed by atoms with Crippen LogP contribution in [0.2, 0.25) is 0 Å². The van der Waals surface area contributed by atoms with Crippen LogP contribution in [-0.2, 0) is 9.53 Å². The van der Waals surface area contributed by atoms with Gasteiger partial charge in [-0.25, -0.2) is 5.43 Å². The minimum atomic E-state index is -0.0548. The second-order valence-corrected chi connectivity index (χ2v) is 4.75. The van der Waals surface area contributed by atoms with Gasteiger partial charge in [-0.15, -0.1) is 0 Å². The van der Waals surface area contributed by atoms with E-state index in [1.807, 2.05) is 31.2 Å². The first-order valence-electron chi connectivity index (χ1n) is 6.54. The van der Waals surface area contributed by atoms with E-state index in [1.165, 1.54) is 10.5 Å². The summed E-state index contributed by atoms with van der Waals surface area (Å²) in [5, 5.41) is 3.98. The highest BCUT2D eigenvalue weighted by Gasteiger charge is 2.16. The molecule has 1 heterocycles. The Morgan fingerprint density at radius 2 is 2.26 bits per heavy atom. The number of quaternary nitrogens is 1. The van der Waals surface area contributed by atoms with Crippen LogP contribution >= 0.6 is 0 Å². The first kappa shape index (κ1) is 13.7. The van der Waals surface area contributed by atoms with E-state index in [-0.39, 0.29) is 5.91 Å². The molecule has 2 N–H and O–H groups in total. The molecule has 1 amide bonds. The van der Waals surface area contributed by atoms with Crippen molar-refractivity contribution in [3.8, 4) is 0 Å². The van der Waals surface area contributed by atoms with Gasteiger partial charge in [0, 0.05) is 0 Å². The van der Waals surface area contributed by atoms with Gasteiger partial charge in [-0.3, -0.25) is 4.79 Å². The van der Waals surface area contributed by atoms with E-state index in [0.717, 1.165) is 31.9 Å². The van der Waals surface area contributed by atoms with Crippen molar-refractivity contribution in [2.75, 3.05) is 32.8 Å². The van der Waals surface area contributed by atoms with Gasteiger partial charge in [0.2, 0.25) is 0 Å². The van der Waals surface area contributed by atoms with Crippen LogP contribution in [0.3, 0.4) is 0 Å². The molecule has 1 aromatic rings. The van der Waals surface area contributed by atoms with Crippen LogP contribution in [0.5, 0.6) is 0 Å². The molecule has 19 heavy (non-hydrogen) atoms. The summed E-state index contributed by atoms with van der Waals surface area (Å²) in [6, 6.07) is 7.97. The van der Waals surface area contributed by atoms with Gasteiger partial charge in [-0.05, 0) is 12.5 Å². The number of benzene rings is 1. The summed E-state index contributed by atoms with van der Waals surface area (Å²) in [5.41, 5.74) is 4.73. The minimum Gasteiger partial charge on any atom is -0.370 e. The summed E-state index contributed by atoms with van der Waals surface area (Å²) in [4.78, 5) is 12.9. The molecule has 0 radical (unpaired) electrons. The van der Waals surface area contributed by atoms with Gasteiger partial charge in [0.25, 0.3) is 5.91 Å². The van der Waals surface area contributed by atoms with Gasteiger partial charge in [0.15, 0.2) is 6.54 Å². The van der Waals surface area contributed by atoms with Gasteiger partial charge < -0.3 is 9.64 Å². The minimum absolute atomic E-state index is 0.0548. The van der Waals surface area contributed by atoms with Gasteiger partial charge in [-0.2, -0.15) is 5.10 Å². The van der Waals surface area contributed by atoms with Crippen molar-refractivity contribution in [2.45, 2.75) is 6.92 Å². The summed E-state index contributed by atoms with van der Waals surface area (Å²) >= 11 is 0. The Morgan fingerprint density at radius 1 is 1.47 bits per heavy atom. The smallest absolute Gasteiger partial charge is 0.295 e. The molecule has 1 aliphatic heterocycles. The predicted octanol–water partition coefficient (Wildman–Crippen LogP) is -0.640. The molecule has 1 saturated heterocycles. The number of hydrogen-bond acceptors (Lipinski definition) is 3. The predicted molar refractivity (Wildman–Crippen MR) is 73.3 cm³/mol. The fraction of sp³-hybridized carbons (Fsp3) is 0.429. The maximum absolute atomic E-state index is 11.7. The monoisotopic (exact) mass is 262 g/mol. The molecule has 1 fully saturated rings. The van der Waals surface area contributed by atoms with E-state index in [4.69, 9.17) is 4.74 Å². The highest BCUT2D eigenvalue weighted by molar-refractivity contribution is 5.82. The number of hydrazone groups is 1. The first-order valence-corrected chi connectivity index (χ1v) is 6.54. The average molecular weight is 262 g/mol. The number of carbonyl (C=O) groups is 1. The van der Waals surface area contributed by atoms with E-state index in [0.29, 0.717) is 6.54 Å². The molecule has 1 aromatic carbocycles. The van der Waals surface area contributed by atoms with Crippen LogP contribution in [0.25, 0.3) is 0 Å². The van der Waals surface area contributed by atoms with Gasteiger partial charge in [0.1, 0.15) is 13.1 Å². The fourth-order valence-corrected chi connectivity index (χ4v) is 2.03. The zero-order chi connectivity index (χ0) is 13.5. The maximum atomic E-state index is 11.7. The van der Waals surface area contributed by atoms with E-state index in [9.17, 15) is 4.79 Å². The number of rotatable bonds is 4. The third kappa shape index (κ3) is 4.81. The van der Waals surface area contributed by atoms with Crippen molar-refractivity contribution in [3.05, 3.63) is 35.4 Å². The van der Waals surface area contributed by atoms with Crippen molar-refractivity contribution in [3.63, 3.8) is 0 Å². The number of aryl methyl sites for hydroxylation is 1. The zero-order valence-electron chi connectivity index (χ0n) is 11.2. The molecule has 0 aromatic heterocycles. The third-order valence-corrected chi connectivity index (χ3v) is 3.06. The van der Waals surface area contributed by atoms with Crippen LogP contribution in [0.1, 0.15) is 11.1 Å². The number of carbonyl (C=O) groups excluding carboxylic acids is 1. The van der Waals surface area contributed by atoms with Crippen LogP contribution in [-0.4, -0.2) is 45.0 Å². The van der Waals surface area contributed by atoms with Crippen LogP contribution in [0.4, 0.5) is 0 Å². The number of nitrogens with one attached hydrogen (secondary N) is 2. The van der Waals surface area contributed by atoms with Crippen LogP contribution in [0.15, 0.2) is 29.4 Å². The molecule has 5 nitrogen and oxygen atoms in total. The molecular formula is C14H20N3O2+. The van der Waals surface area contributed by atoms with E-state index in [1.54, 1.807) is 6.21 Å². The second kappa shape index (κ2) is 7.01. The Kier molecular flexibility index (Phi) is 5.06. The van der Waals surface area contributed by atoms with E-state index < -0.39 is 0 Å². The molecule has 0 atom stereocenters. The standard InChI is InChI=1S/C14H19N3O2/c1-12-3-2-4-13(9-12)10-15-16-14(18)11-17-5-7-19-8-6-17/h2-4,9-10H,5-8,11H2,1H3,(H,16,18)/p+1/b15-10-. The molecule has 0 saturated carbocycles. The number of amides is 1. The SMILES string of the molecule is Cc1cccc(/C=N\NC(=O)C[NH+]2CCOCC2)c1. The summed E-state index contributed by atoms with van der Waals surface area (Å²) < 4.78 is 5.25. The molecule has 0 aliphatic carbocycles. The first-order chi connectivity index (χ1) is 9.24. The fourth-order valence-electron chi connectivity index (χ4n) is 2.03. The lowest BCUT2D eigenvalue weighted by Crippen LogP contribution is -3.15. The Labute approximate surface area is 113 Å². The summed E-state index contributed by atoms with van der Waals surface area (Å²) in [7, 11) is 0. The molecular weight excluding hydrogens is 242 g/mol. The summed E-state index contributed by atoms with van der Waals surface area (Å²) in [6.45, 7) is 5.71. The molecule has 1 aliphatic rings. The average Bonchev–Trinajstić information content (AvgIpc) is 2.40. The highest BCUT2D eigenvalue weighted by atomic mass is 16.5. The Bertz CT molecular complexity index is 454. The van der Waals surface area contributed by atoms with Gasteiger partial charge >= 0.3 is 0 Å². The quantitative estimate of drug-likeness (QED) is 0.560. The van der Waals surface area contributed by atoms with Crippen molar-refractivity contribution in [1.29, 1.82) is 0 Å². The lowest BCUT2D eigenvalue weighted by Gasteiger charge is -2.22. The molecule has 5 heteroatoms. The molecule has 102 valence electrons. The highest BCUT2D eigenvalue weighted by Crippen LogP contribution is 2.00. The third-order valence-electron chi connectivity index (χ3n) is 3.06. The van der Waals surface area contributed by atoms with Gasteiger partial charge in [0.05, 0.1) is 19.4 Å². The summed E-state index contributed by atoms with van der Waals surface area (Å²) in [6.07, 6.45) is 1.67. The molecule has 0 spiro atoms. The van der Waals surface area contributed by atoms with Crippen LogP contribution < -0.4 is 10.3 Å². The number of nitrogens with zero attached hydrogens (tertiary/aromatic N) is 1. The van der Waals surface area contributed by atoms with Gasteiger partial charge in [-0.1, -0.05) is 29.8 Å². The van der Waals surface area contributed by atoms with Crippen molar-refractivity contribution >= 4 is 12.1 Å². The van der Waals surface area contributed by atoms with Crippen LogP contribution in [0, 0.1) is 6.92 Å². The maximum Gasteiger partial charge on any atom is 0.295 e. The van der Waals surface area contributed by atoms with E-state index >= 15 is 0 Å².